The van der Waals surface area contributed by atoms with Crippen LogP contribution in [0.4, 0.5) is 5.13 Å². The standard InChI is InChI=1S/C28H30N4O5S/c1-18(17-34-2)35-23-14-21(25(33)30-28-29-12-13-38-28)15-24(16-23)36-22-10-8-20(9-11-22)27-32-31-26(37-27)19-6-4-3-5-7-19/h8-16,18-19H,3-7,17H2,1-2H3,(H,29,30,33). The number of hydrogen-bond acceptors (Lipinski definition) is 9. The Morgan fingerprint density at radius 2 is 1.87 bits per heavy atom. The Morgan fingerprint density at radius 1 is 1.08 bits per heavy atom. The van der Waals surface area contributed by atoms with E-state index >= 15 is 0 Å². The molecule has 1 N–H and O–H groups in total. The SMILES string of the molecule is COCC(C)Oc1cc(Oc2ccc(-c3nnc(C4CCCCC4)o3)cc2)cc(C(=O)Nc2nccs2)c1. The molecule has 1 fully saturated rings. The van der Waals surface area contributed by atoms with Crippen molar-refractivity contribution in [3.05, 3.63) is 65.5 Å². The first kappa shape index (κ1) is 25.9. The van der Waals surface area contributed by atoms with Crippen LogP contribution < -0.4 is 14.8 Å². The Kier molecular flexibility index (Phi) is 8.30. The van der Waals surface area contributed by atoms with E-state index < -0.39 is 0 Å². The van der Waals surface area contributed by atoms with Gasteiger partial charge >= 0.3 is 0 Å². The van der Waals surface area contributed by atoms with Crippen LogP contribution in [0.5, 0.6) is 17.2 Å². The van der Waals surface area contributed by atoms with E-state index in [0.29, 0.717) is 46.4 Å². The van der Waals surface area contributed by atoms with Gasteiger partial charge in [0.25, 0.3) is 5.91 Å². The molecular formula is C28H30N4O5S. The lowest BCUT2D eigenvalue weighted by Gasteiger charge is -2.17. The third-order valence-corrected chi connectivity index (χ3v) is 6.95. The molecule has 0 spiro atoms. The van der Waals surface area contributed by atoms with Crippen LogP contribution in [0, 0.1) is 0 Å². The normalized spacial score (nSPS) is 14.7. The second kappa shape index (κ2) is 12.2. The maximum atomic E-state index is 12.9. The summed E-state index contributed by atoms with van der Waals surface area (Å²) in [6.07, 6.45) is 7.32. The Hall–Kier alpha value is -3.76. The molecule has 1 aliphatic carbocycles. The smallest absolute Gasteiger partial charge is 0.257 e. The van der Waals surface area contributed by atoms with Crippen molar-refractivity contribution in [2.24, 2.45) is 0 Å². The number of rotatable bonds is 10. The Labute approximate surface area is 225 Å². The van der Waals surface area contributed by atoms with E-state index in [2.05, 4.69) is 20.5 Å². The molecule has 1 aliphatic rings. The van der Waals surface area contributed by atoms with Crippen LogP contribution in [0.2, 0.25) is 0 Å². The van der Waals surface area contributed by atoms with E-state index in [1.165, 1.54) is 30.6 Å². The second-order valence-corrected chi connectivity index (χ2v) is 10.2. The van der Waals surface area contributed by atoms with Gasteiger partial charge in [-0.15, -0.1) is 21.5 Å². The van der Waals surface area contributed by atoms with Gasteiger partial charge in [0, 0.05) is 41.8 Å². The fourth-order valence-corrected chi connectivity index (χ4v) is 4.98. The number of carbonyl (C=O) groups excluding carboxylic acids is 1. The fourth-order valence-electron chi connectivity index (χ4n) is 4.45. The lowest BCUT2D eigenvalue weighted by molar-refractivity contribution is 0.0916. The van der Waals surface area contributed by atoms with Crippen LogP contribution in [0.1, 0.15) is 61.2 Å². The summed E-state index contributed by atoms with van der Waals surface area (Å²) in [5.41, 5.74) is 1.20. The highest BCUT2D eigenvalue weighted by atomic mass is 32.1. The van der Waals surface area contributed by atoms with Crippen molar-refractivity contribution in [2.75, 3.05) is 19.0 Å². The predicted molar refractivity (Wildman–Crippen MR) is 144 cm³/mol. The molecule has 2 heterocycles. The molecule has 1 amide bonds. The average Bonchev–Trinajstić information content (AvgIpc) is 3.62. The molecular weight excluding hydrogens is 504 g/mol. The van der Waals surface area contributed by atoms with Gasteiger partial charge in [0.2, 0.25) is 11.8 Å². The van der Waals surface area contributed by atoms with Crippen molar-refractivity contribution in [1.82, 2.24) is 15.2 Å². The highest BCUT2D eigenvalue weighted by molar-refractivity contribution is 7.13. The molecule has 1 saturated carbocycles. The number of hydrogen-bond donors (Lipinski definition) is 1. The van der Waals surface area contributed by atoms with Crippen molar-refractivity contribution < 1.29 is 23.4 Å². The highest BCUT2D eigenvalue weighted by Crippen LogP contribution is 2.34. The Balaban J connectivity index is 1.32. The largest absolute Gasteiger partial charge is 0.488 e. The molecule has 0 saturated heterocycles. The predicted octanol–water partition coefficient (Wildman–Crippen LogP) is 6.70. The van der Waals surface area contributed by atoms with Crippen molar-refractivity contribution in [3.63, 3.8) is 0 Å². The zero-order valence-corrected chi connectivity index (χ0v) is 22.2. The number of nitrogens with zero attached hydrogens (tertiary/aromatic N) is 3. The summed E-state index contributed by atoms with van der Waals surface area (Å²) in [5, 5.41) is 13.7. The molecule has 1 unspecified atom stereocenters. The minimum Gasteiger partial charge on any atom is -0.488 e. The van der Waals surface area contributed by atoms with Gasteiger partial charge in [-0.2, -0.15) is 0 Å². The zero-order chi connectivity index (χ0) is 26.3. The number of aromatic nitrogens is 3. The van der Waals surface area contributed by atoms with Gasteiger partial charge in [0.15, 0.2) is 5.13 Å². The van der Waals surface area contributed by atoms with Crippen molar-refractivity contribution in [3.8, 4) is 28.7 Å². The second-order valence-electron chi connectivity index (χ2n) is 9.28. The van der Waals surface area contributed by atoms with Crippen LogP contribution in [-0.2, 0) is 4.74 Å². The lowest BCUT2D eigenvalue weighted by atomic mass is 9.89. The first-order valence-corrected chi connectivity index (χ1v) is 13.6. The van der Waals surface area contributed by atoms with E-state index in [-0.39, 0.29) is 12.0 Å². The van der Waals surface area contributed by atoms with Crippen molar-refractivity contribution in [1.29, 1.82) is 0 Å². The molecule has 38 heavy (non-hydrogen) atoms. The van der Waals surface area contributed by atoms with Crippen LogP contribution in [0.25, 0.3) is 11.5 Å². The summed E-state index contributed by atoms with van der Waals surface area (Å²) < 4.78 is 23.2. The van der Waals surface area contributed by atoms with Crippen LogP contribution in [-0.4, -0.2) is 40.9 Å². The number of nitrogens with one attached hydrogen (secondary N) is 1. The van der Waals surface area contributed by atoms with Gasteiger partial charge in [0.1, 0.15) is 23.4 Å². The summed E-state index contributed by atoms with van der Waals surface area (Å²) in [5.74, 6) is 2.82. The molecule has 0 aliphatic heterocycles. The molecule has 4 aromatic rings. The molecule has 198 valence electrons. The fraction of sp³-hybridized carbons (Fsp3) is 0.357. The monoisotopic (exact) mass is 534 g/mol. The van der Waals surface area contributed by atoms with Crippen LogP contribution in [0.3, 0.4) is 0 Å². The van der Waals surface area contributed by atoms with E-state index in [4.69, 9.17) is 18.6 Å². The van der Waals surface area contributed by atoms with E-state index in [0.717, 1.165) is 24.3 Å². The van der Waals surface area contributed by atoms with Gasteiger partial charge in [-0.05, 0) is 56.2 Å². The van der Waals surface area contributed by atoms with Gasteiger partial charge in [-0.25, -0.2) is 4.98 Å². The third kappa shape index (κ3) is 6.56. The maximum Gasteiger partial charge on any atom is 0.257 e. The molecule has 5 rings (SSSR count). The molecule has 10 heteroatoms. The summed E-state index contributed by atoms with van der Waals surface area (Å²) >= 11 is 1.34. The first-order chi connectivity index (χ1) is 18.6. The highest BCUT2D eigenvalue weighted by Gasteiger charge is 2.22. The average molecular weight is 535 g/mol. The molecule has 2 aromatic carbocycles. The number of anilines is 1. The van der Waals surface area contributed by atoms with Gasteiger partial charge < -0.3 is 18.6 Å². The zero-order valence-electron chi connectivity index (χ0n) is 21.4. The van der Waals surface area contributed by atoms with E-state index in [1.54, 1.807) is 36.9 Å². The molecule has 0 bridgehead atoms. The summed E-state index contributed by atoms with van der Waals surface area (Å²) in [6, 6.07) is 12.5. The minimum atomic E-state index is -0.310. The molecule has 2 aromatic heterocycles. The quantitative estimate of drug-likeness (QED) is 0.239. The number of benzene rings is 2. The summed E-state index contributed by atoms with van der Waals surface area (Å²) in [4.78, 5) is 17.0. The van der Waals surface area contributed by atoms with Gasteiger partial charge in [-0.1, -0.05) is 19.3 Å². The molecule has 9 nitrogen and oxygen atoms in total. The summed E-state index contributed by atoms with van der Waals surface area (Å²) in [6.45, 7) is 2.30. The van der Waals surface area contributed by atoms with Gasteiger partial charge in [0.05, 0.1) is 6.61 Å². The van der Waals surface area contributed by atoms with E-state index in [9.17, 15) is 4.79 Å². The molecule has 0 radical (unpaired) electrons. The third-order valence-electron chi connectivity index (χ3n) is 6.27. The number of methoxy groups -OCH3 is 1. The maximum absolute atomic E-state index is 12.9. The Bertz CT molecular complexity index is 1330. The van der Waals surface area contributed by atoms with E-state index in [1.807, 2.05) is 31.2 Å². The lowest BCUT2D eigenvalue weighted by Crippen LogP contribution is -2.18. The topological polar surface area (TPSA) is 109 Å². The van der Waals surface area contributed by atoms with Crippen molar-refractivity contribution in [2.45, 2.75) is 51.0 Å². The minimum absolute atomic E-state index is 0.211. The van der Waals surface area contributed by atoms with Crippen LogP contribution in [0.15, 0.2) is 58.5 Å². The van der Waals surface area contributed by atoms with Crippen molar-refractivity contribution >= 4 is 22.4 Å². The Morgan fingerprint density at radius 3 is 2.61 bits per heavy atom. The number of ether oxygens (including phenoxy) is 3. The number of carbonyl (C=O) groups is 1. The number of thiazole rings is 1. The number of amides is 1. The summed E-state index contributed by atoms with van der Waals surface area (Å²) in [7, 11) is 1.61. The first-order valence-electron chi connectivity index (χ1n) is 12.7. The molecule has 1 atom stereocenters. The van der Waals surface area contributed by atoms with Crippen LogP contribution >= 0.6 is 11.3 Å². The van der Waals surface area contributed by atoms with Gasteiger partial charge in [-0.3, -0.25) is 10.1 Å².